The Bertz CT molecular complexity index is 847. The average molecular weight is 342 g/mol. The Kier molecular flexibility index (Phi) is 4.82. The lowest BCUT2D eigenvalue weighted by Crippen LogP contribution is -2.15. The minimum absolute atomic E-state index is 0.155. The van der Waals surface area contributed by atoms with Gasteiger partial charge in [-0.1, -0.05) is 35.9 Å². The molecule has 1 heterocycles. The Morgan fingerprint density at radius 3 is 2.79 bits per heavy atom. The number of carbonyl (C=O) groups is 1. The molecule has 0 unspecified atom stereocenters. The van der Waals surface area contributed by atoms with Crippen LogP contribution in [0.4, 0.5) is 5.69 Å². The average Bonchev–Trinajstić information content (AvgIpc) is 3.12. The molecule has 122 valence electrons. The van der Waals surface area contributed by atoms with Gasteiger partial charge in [-0.05, 0) is 29.3 Å². The van der Waals surface area contributed by atoms with Crippen LogP contribution in [-0.2, 0) is 11.2 Å². The summed E-state index contributed by atoms with van der Waals surface area (Å²) in [6.07, 6.45) is 3.72. The molecule has 2 N–H and O–H groups in total. The van der Waals surface area contributed by atoms with Gasteiger partial charge >= 0.3 is 0 Å². The SMILES string of the molecule is COc1cc(-c2cn[nH]c2)ccc1NC(=O)Cc1ccccc1Cl. The topological polar surface area (TPSA) is 67.0 Å². The highest BCUT2D eigenvalue weighted by Gasteiger charge is 2.11. The number of aromatic amines is 1. The molecule has 1 amide bonds. The first kappa shape index (κ1) is 16.1. The zero-order chi connectivity index (χ0) is 16.9. The van der Waals surface area contributed by atoms with Crippen molar-refractivity contribution in [2.45, 2.75) is 6.42 Å². The standard InChI is InChI=1S/C18H16ClN3O2/c1-24-17-8-12(14-10-20-21-11-14)6-7-16(17)22-18(23)9-13-4-2-3-5-15(13)19/h2-8,10-11H,9H2,1H3,(H,20,21)(H,22,23). The number of methoxy groups -OCH3 is 1. The summed E-state index contributed by atoms with van der Waals surface area (Å²) in [7, 11) is 1.57. The molecular formula is C18H16ClN3O2. The van der Waals surface area contributed by atoms with Gasteiger partial charge in [-0.3, -0.25) is 9.89 Å². The zero-order valence-electron chi connectivity index (χ0n) is 13.0. The highest BCUT2D eigenvalue weighted by Crippen LogP contribution is 2.30. The van der Waals surface area contributed by atoms with Crippen molar-refractivity contribution in [3.8, 4) is 16.9 Å². The molecule has 24 heavy (non-hydrogen) atoms. The number of hydrogen-bond donors (Lipinski definition) is 2. The highest BCUT2D eigenvalue weighted by molar-refractivity contribution is 6.31. The molecule has 0 aliphatic rings. The minimum Gasteiger partial charge on any atom is -0.495 e. The van der Waals surface area contributed by atoms with Gasteiger partial charge in [0.1, 0.15) is 5.75 Å². The lowest BCUT2D eigenvalue weighted by atomic mass is 10.1. The molecule has 0 fully saturated rings. The van der Waals surface area contributed by atoms with Crippen molar-refractivity contribution < 1.29 is 9.53 Å². The van der Waals surface area contributed by atoms with Crippen molar-refractivity contribution in [2.24, 2.45) is 0 Å². The Morgan fingerprint density at radius 1 is 1.25 bits per heavy atom. The van der Waals surface area contributed by atoms with Crippen LogP contribution in [-0.4, -0.2) is 23.2 Å². The number of nitrogens with zero attached hydrogens (tertiary/aromatic N) is 1. The van der Waals surface area contributed by atoms with Crippen molar-refractivity contribution in [1.82, 2.24) is 10.2 Å². The molecular weight excluding hydrogens is 326 g/mol. The van der Waals surface area contributed by atoms with E-state index in [1.165, 1.54) is 0 Å². The smallest absolute Gasteiger partial charge is 0.228 e. The van der Waals surface area contributed by atoms with E-state index in [2.05, 4.69) is 15.5 Å². The Balaban J connectivity index is 1.77. The minimum atomic E-state index is -0.155. The van der Waals surface area contributed by atoms with E-state index in [4.69, 9.17) is 16.3 Å². The third-order valence-electron chi connectivity index (χ3n) is 3.62. The van der Waals surface area contributed by atoms with Crippen LogP contribution >= 0.6 is 11.6 Å². The Labute approximate surface area is 144 Å². The van der Waals surface area contributed by atoms with E-state index in [0.717, 1.165) is 16.7 Å². The number of H-pyrrole nitrogens is 1. The number of ether oxygens (including phenoxy) is 1. The van der Waals surface area contributed by atoms with Crippen molar-refractivity contribution in [1.29, 1.82) is 0 Å². The second-order valence-corrected chi connectivity index (χ2v) is 5.63. The molecule has 3 rings (SSSR count). The van der Waals surface area contributed by atoms with Crippen LogP contribution in [0.5, 0.6) is 5.75 Å². The maximum Gasteiger partial charge on any atom is 0.228 e. The second-order valence-electron chi connectivity index (χ2n) is 5.22. The van der Waals surface area contributed by atoms with Crippen LogP contribution in [0.3, 0.4) is 0 Å². The molecule has 0 bridgehead atoms. The number of hydrogen-bond acceptors (Lipinski definition) is 3. The fraction of sp³-hybridized carbons (Fsp3) is 0.111. The van der Waals surface area contributed by atoms with Crippen LogP contribution in [0.15, 0.2) is 54.9 Å². The number of rotatable bonds is 5. The van der Waals surface area contributed by atoms with Gasteiger partial charge < -0.3 is 10.1 Å². The summed E-state index contributed by atoms with van der Waals surface area (Å²) in [5.41, 5.74) is 3.29. The van der Waals surface area contributed by atoms with E-state index in [0.29, 0.717) is 16.5 Å². The summed E-state index contributed by atoms with van der Waals surface area (Å²) in [5, 5.41) is 10.1. The van der Waals surface area contributed by atoms with Gasteiger partial charge in [0.15, 0.2) is 0 Å². The molecule has 3 aromatic rings. The molecule has 0 aliphatic carbocycles. The highest BCUT2D eigenvalue weighted by atomic mass is 35.5. The van der Waals surface area contributed by atoms with E-state index in [9.17, 15) is 4.79 Å². The van der Waals surface area contributed by atoms with Gasteiger partial charge in [-0.2, -0.15) is 5.10 Å². The second kappa shape index (κ2) is 7.19. The van der Waals surface area contributed by atoms with Crippen molar-refractivity contribution in [2.75, 3.05) is 12.4 Å². The van der Waals surface area contributed by atoms with Gasteiger partial charge in [0.2, 0.25) is 5.91 Å². The van der Waals surface area contributed by atoms with E-state index < -0.39 is 0 Å². The van der Waals surface area contributed by atoms with E-state index in [1.807, 2.05) is 36.4 Å². The van der Waals surface area contributed by atoms with Crippen molar-refractivity contribution in [3.63, 3.8) is 0 Å². The first-order valence-electron chi connectivity index (χ1n) is 7.38. The predicted molar refractivity (Wildman–Crippen MR) is 94.4 cm³/mol. The number of amides is 1. The molecule has 0 aliphatic heterocycles. The normalized spacial score (nSPS) is 10.4. The predicted octanol–water partition coefficient (Wildman–Crippen LogP) is 3.92. The molecule has 0 spiro atoms. The summed E-state index contributed by atoms with van der Waals surface area (Å²) >= 11 is 6.09. The number of carbonyl (C=O) groups excluding carboxylic acids is 1. The van der Waals surface area contributed by atoms with Gasteiger partial charge in [-0.15, -0.1) is 0 Å². The first-order valence-corrected chi connectivity index (χ1v) is 7.75. The molecule has 0 saturated carbocycles. The summed E-state index contributed by atoms with van der Waals surface area (Å²) in [5.74, 6) is 0.429. The largest absolute Gasteiger partial charge is 0.495 e. The summed E-state index contributed by atoms with van der Waals surface area (Å²) in [4.78, 5) is 12.3. The van der Waals surface area contributed by atoms with Crippen molar-refractivity contribution in [3.05, 3.63) is 65.4 Å². The monoisotopic (exact) mass is 341 g/mol. The van der Waals surface area contributed by atoms with E-state index in [-0.39, 0.29) is 12.3 Å². The maximum atomic E-state index is 12.3. The molecule has 2 aromatic carbocycles. The van der Waals surface area contributed by atoms with E-state index in [1.54, 1.807) is 25.6 Å². The maximum absolute atomic E-state index is 12.3. The molecule has 0 saturated heterocycles. The Morgan fingerprint density at radius 2 is 2.08 bits per heavy atom. The van der Waals surface area contributed by atoms with Crippen LogP contribution < -0.4 is 10.1 Å². The number of anilines is 1. The number of nitrogens with one attached hydrogen (secondary N) is 2. The van der Waals surface area contributed by atoms with Gasteiger partial charge in [0, 0.05) is 16.8 Å². The lowest BCUT2D eigenvalue weighted by molar-refractivity contribution is -0.115. The first-order chi connectivity index (χ1) is 11.7. The fourth-order valence-corrected chi connectivity index (χ4v) is 2.59. The molecule has 6 heteroatoms. The zero-order valence-corrected chi connectivity index (χ0v) is 13.8. The number of aromatic nitrogens is 2. The van der Waals surface area contributed by atoms with E-state index >= 15 is 0 Å². The molecule has 0 radical (unpaired) electrons. The van der Waals surface area contributed by atoms with Gasteiger partial charge in [0.05, 0.1) is 25.4 Å². The molecule has 1 aromatic heterocycles. The van der Waals surface area contributed by atoms with Gasteiger partial charge in [0.25, 0.3) is 0 Å². The van der Waals surface area contributed by atoms with Crippen LogP contribution in [0.2, 0.25) is 5.02 Å². The van der Waals surface area contributed by atoms with Crippen LogP contribution in [0, 0.1) is 0 Å². The van der Waals surface area contributed by atoms with Gasteiger partial charge in [-0.25, -0.2) is 0 Å². The van der Waals surface area contributed by atoms with Crippen LogP contribution in [0.25, 0.3) is 11.1 Å². The Hall–Kier alpha value is -2.79. The van der Waals surface area contributed by atoms with Crippen molar-refractivity contribution >= 4 is 23.2 Å². The molecule has 0 atom stereocenters. The van der Waals surface area contributed by atoms with Crippen LogP contribution in [0.1, 0.15) is 5.56 Å². The summed E-state index contributed by atoms with van der Waals surface area (Å²) in [6.45, 7) is 0. The summed E-state index contributed by atoms with van der Waals surface area (Å²) < 4.78 is 5.39. The number of benzene rings is 2. The quantitative estimate of drug-likeness (QED) is 0.739. The fourth-order valence-electron chi connectivity index (χ4n) is 2.39. The third kappa shape index (κ3) is 3.58. The summed E-state index contributed by atoms with van der Waals surface area (Å²) in [6, 6.07) is 12.9. The number of halogens is 1. The third-order valence-corrected chi connectivity index (χ3v) is 3.98. The lowest BCUT2D eigenvalue weighted by Gasteiger charge is -2.12. The molecule has 5 nitrogen and oxygen atoms in total.